The third kappa shape index (κ3) is 47.3. The zero-order valence-corrected chi connectivity index (χ0v) is 39.8. The van der Waals surface area contributed by atoms with Gasteiger partial charge < -0.3 is 20.1 Å². The molecule has 9 heteroatoms. The molecule has 60 heavy (non-hydrogen) atoms. The summed E-state index contributed by atoms with van der Waals surface area (Å²) in [5.74, 6) is -0.339. The topological polar surface area (TPSA) is 117 Å². The smallest absolute Gasteiger partial charge is 0.457 e. The van der Waals surface area contributed by atoms with Gasteiger partial charge in [-0.1, -0.05) is 190 Å². The van der Waals surface area contributed by atoms with Gasteiger partial charge in [0.1, 0.15) is 6.10 Å². The van der Waals surface area contributed by atoms with Crippen LogP contribution < -0.4 is 5.73 Å². The van der Waals surface area contributed by atoms with Gasteiger partial charge >= 0.3 is 13.8 Å². The number of hydrogen-bond donors (Lipinski definition) is 2. The van der Waals surface area contributed by atoms with Crippen molar-refractivity contribution >= 4 is 13.8 Å². The highest BCUT2D eigenvalue weighted by Crippen LogP contribution is 2.43. The third-order valence-electron chi connectivity index (χ3n) is 10.4. The summed E-state index contributed by atoms with van der Waals surface area (Å²) < 4.78 is 33.5. The number of hydrogen-bond acceptors (Lipinski definition) is 7. The number of esters is 1. The lowest BCUT2D eigenvalue weighted by molar-refractivity contribution is -0.154. The molecule has 0 aromatic heterocycles. The molecule has 0 saturated heterocycles. The summed E-state index contributed by atoms with van der Waals surface area (Å²) >= 11 is 0. The van der Waals surface area contributed by atoms with Crippen LogP contribution in [0, 0.1) is 0 Å². The molecule has 0 heterocycles. The molecule has 0 amide bonds. The van der Waals surface area contributed by atoms with Crippen LogP contribution in [-0.4, -0.2) is 49.9 Å². The molecule has 350 valence electrons. The Kier molecular flexibility index (Phi) is 46.8. The van der Waals surface area contributed by atoms with Gasteiger partial charge in [0.2, 0.25) is 0 Å². The first kappa shape index (κ1) is 58.2. The van der Waals surface area contributed by atoms with Crippen LogP contribution in [0.25, 0.3) is 0 Å². The lowest BCUT2D eigenvalue weighted by atomic mass is 10.1. The molecule has 0 fully saturated rings. The standard InChI is InChI=1S/C51H94NO7P/c1-3-5-7-9-11-13-15-17-19-21-23-24-25-27-29-31-33-35-37-39-41-43-46-56-48-50(49-58-60(54,55)57-47-45-52)59-51(53)44-42-40-38-36-34-32-30-28-26-22-20-18-16-14-12-10-8-6-4-2/h12,14-15,17-18,20-21,23,25,27,50H,3-11,13,16,19,22,24,26,28-49,52H2,1-2H3,(H,54,55)/b14-12-,17-15-,20-18-,23-21-,27-25-. The number of allylic oxidation sites excluding steroid dienone is 10. The summed E-state index contributed by atoms with van der Waals surface area (Å²) in [6.07, 6.45) is 59.6. The summed E-state index contributed by atoms with van der Waals surface area (Å²) in [5, 5.41) is 0. The molecule has 0 aromatic rings. The Bertz CT molecular complexity index is 1110. The monoisotopic (exact) mass is 864 g/mol. The maximum absolute atomic E-state index is 12.6. The van der Waals surface area contributed by atoms with Crippen molar-refractivity contribution < 1.29 is 32.8 Å². The van der Waals surface area contributed by atoms with E-state index < -0.39 is 13.9 Å². The number of carbonyl (C=O) groups excluding carboxylic acids is 1. The zero-order chi connectivity index (χ0) is 43.7. The van der Waals surface area contributed by atoms with Crippen molar-refractivity contribution in [2.45, 2.75) is 225 Å². The second kappa shape index (κ2) is 48.2. The molecular weight excluding hydrogens is 770 g/mol. The molecule has 0 aliphatic carbocycles. The SMILES string of the molecule is CCCCC/C=C\C/C=C\CCCCCCCCCCCC(=O)OC(COCCCCCCCCC/C=C\C/C=C\C/C=C\CCCCCCC)COP(=O)(O)OCCN. The van der Waals surface area contributed by atoms with Gasteiger partial charge in [0.25, 0.3) is 0 Å². The first-order chi connectivity index (χ1) is 29.4. The molecule has 8 nitrogen and oxygen atoms in total. The molecule has 0 aliphatic heterocycles. The molecule has 3 N–H and O–H groups in total. The van der Waals surface area contributed by atoms with Gasteiger partial charge in [-0.15, -0.1) is 0 Å². The van der Waals surface area contributed by atoms with E-state index in [-0.39, 0.29) is 32.3 Å². The van der Waals surface area contributed by atoms with Crippen LogP contribution in [0.3, 0.4) is 0 Å². The van der Waals surface area contributed by atoms with Crippen molar-refractivity contribution in [3.63, 3.8) is 0 Å². The molecular formula is C51H94NO7P. The van der Waals surface area contributed by atoms with Crippen molar-refractivity contribution in [3.8, 4) is 0 Å². The Balaban J connectivity index is 4.00. The van der Waals surface area contributed by atoms with E-state index in [0.717, 1.165) is 57.8 Å². The number of rotatable bonds is 47. The number of unbranched alkanes of at least 4 members (excludes halogenated alkanes) is 24. The molecule has 0 aliphatic rings. The summed E-state index contributed by atoms with van der Waals surface area (Å²) in [4.78, 5) is 22.6. The Morgan fingerprint density at radius 3 is 1.35 bits per heavy atom. The van der Waals surface area contributed by atoms with Crippen LogP contribution in [0.4, 0.5) is 0 Å². The van der Waals surface area contributed by atoms with Crippen LogP contribution in [0.5, 0.6) is 0 Å². The maximum atomic E-state index is 12.6. The predicted molar refractivity (Wildman–Crippen MR) is 256 cm³/mol. The highest BCUT2D eigenvalue weighted by atomic mass is 31.2. The van der Waals surface area contributed by atoms with E-state index in [2.05, 4.69) is 74.6 Å². The largest absolute Gasteiger partial charge is 0.472 e. The molecule has 2 unspecified atom stereocenters. The number of ether oxygens (including phenoxy) is 2. The summed E-state index contributed by atoms with van der Waals surface area (Å²) in [6, 6.07) is 0. The minimum Gasteiger partial charge on any atom is -0.457 e. The Morgan fingerprint density at radius 1 is 0.500 bits per heavy atom. The zero-order valence-electron chi connectivity index (χ0n) is 38.9. The van der Waals surface area contributed by atoms with Crippen LogP contribution in [0.1, 0.15) is 219 Å². The summed E-state index contributed by atoms with van der Waals surface area (Å²) in [6.45, 7) is 4.87. The second-order valence-electron chi connectivity index (χ2n) is 16.3. The van der Waals surface area contributed by atoms with Gasteiger partial charge in [0.05, 0.1) is 19.8 Å². The Labute approximate surface area is 370 Å². The first-order valence-corrected chi connectivity index (χ1v) is 26.3. The molecule has 0 saturated carbocycles. The van der Waals surface area contributed by atoms with Gasteiger partial charge in [0, 0.05) is 19.6 Å². The highest BCUT2D eigenvalue weighted by Gasteiger charge is 2.25. The van der Waals surface area contributed by atoms with E-state index in [1.54, 1.807) is 0 Å². The van der Waals surface area contributed by atoms with Crippen molar-refractivity contribution in [2.24, 2.45) is 5.73 Å². The van der Waals surface area contributed by atoms with Gasteiger partial charge in [-0.25, -0.2) is 4.57 Å². The minimum absolute atomic E-state index is 0.0956. The highest BCUT2D eigenvalue weighted by molar-refractivity contribution is 7.47. The van der Waals surface area contributed by atoms with Gasteiger partial charge in [-0.05, 0) is 83.5 Å². The lowest BCUT2D eigenvalue weighted by Gasteiger charge is -2.20. The van der Waals surface area contributed by atoms with E-state index in [1.807, 2.05) is 0 Å². The quantitative estimate of drug-likeness (QED) is 0.0269. The lowest BCUT2D eigenvalue weighted by Crippen LogP contribution is -2.28. The Morgan fingerprint density at radius 2 is 0.883 bits per heavy atom. The van der Waals surface area contributed by atoms with Gasteiger partial charge in [-0.2, -0.15) is 0 Å². The maximum Gasteiger partial charge on any atom is 0.472 e. The third-order valence-corrected chi connectivity index (χ3v) is 11.4. The van der Waals surface area contributed by atoms with Crippen molar-refractivity contribution in [3.05, 3.63) is 60.8 Å². The van der Waals surface area contributed by atoms with Crippen molar-refractivity contribution in [1.29, 1.82) is 0 Å². The van der Waals surface area contributed by atoms with Gasteiger partial charge in [-0.3, -0.25) is 13.8 Å². The fraction of sp³-hybridized carbons (Fsp3) is 0.784. The van der Waals surface area contributed by atoms with E-state index in [0.29, 0.717) is 13.0 Å². The predicted octanol–water partition coefficient (Wildman–Crippen LogP) is 15.3. The molecule has 2 atom stereocenters. The van der Waals surface area contributed by atoms with E-state index >= 15 is 0 Å². The molecule has 0 spiro atoms. The second-order valence-corrected chi connectivity index (χ2v) is 17.8. The van der Waals surface area contributed by atoms with E-state index in [9.17, 15) is 14.3 Å². The number of carbonyl (C=O) groups is 1. The molecule has 0 rings (SSSR count). The minimum atomic E-state index is -4.29. The van der Waals surface area contributed by atoms with Crippen LogP contribution in [0.2, 0.25) is 0 Å². The normalized spacial score (nSPS) is 13.9. The van der Waals surface area contributed by atoms with E-state index in [1.165, 1.54) is 141 Å². The number of nitrogens with two attached hydrogens (primary N) is 1. The Hall–Kier alpha value is -1.80. The molecule has 0 radical (unpaired) electrons. The molecule has 0 aromatic carbocycles. The average Bonchev–Trinajstić information content (AvgIpc) is 3.24. The van der Waals surface area contributed by atoms with Crippen molar-refractivity contribution in [1.82, 2.24) is 0 Å². The number of phosphoric ester groups is 1. The van der Waals surface area contributed by atoms with Crippen LogP contribution >= 0.6 is 7.82 Å². The van der Waals surface area contributed by atoms with E-state index in [4.69, 9.17) is 24.3 Å². The fourth-order valence-corrected chi connectivity index (χ4v) is 7.51. The molecule has 0 bridgehead atoms. The van der Waals surface area contributed by atoms with Crippen LogP contribution in [-0.2, 0) is 27.9 Å². The summed E-state index contributed by atoms with van der Waals surface area (Å²) in [7, 11) is -4.29. The summed E-state index contributed by atoms with van der Waals surface area (Å²) in [5.41, 5.74) is 5.38. The van der Waals surface area contributed by atoms with Gasteiger partial charge in [0.15, 0.2) is 0 Å². The van der Waals surface area contributed by atoms with Crippen molar-refractivity contribution in [2.75, 3.05) is 33.0 Å². The van der Waals surface area contributed by atoms with Crippen LogP contribution in [0.15, 0.2) is 60.8 Å². The number of phosphoric acid groups is 1. The first-order valence-electron chi connectivity index (χ1n) is 24.8. The fourth-order valence-electron chi connectivity index (χ4n) is 6.74. The average molecular weight is 864 g/mol.